The molecule has 7 nitrogen and oxygen atoms in total. The van der Waals surface area contributed by atoms with Crippen LogP contribution in [0, 0.1) is 0 Å². The Labute approximate surface area is 181 Å². The Morgan fingerprint density at radius 2 is 2.00 bits per heavy atom. The van der Waals surface area contributed by atoms with Gasteiger partial charge in [-0.3, -0.25) is 4.79 Å². The van der Waals surface area contributed by atoms with Gasteiger partial charge in [0.25, 0.3) is 0 Å². The number of carbonyl (C=O) groups excluding carboxylic acids is 1. The van der Waals surface area contributed by atoms with Crippen molar-refractivity contribution in [1.29, 1.82) is 0 Å². The van der Waals surface area contributed by atoms with Crippen LogP contribution in [0.5, 0.6) is 0 Å². The SMILES string of the molecule is CCOC(=O)C(C)(C)Sc1nc2cc(-n3nc(C(C)(C)C)oc3=O)c(Cl)cc2s1. The van der Waals surface area contributed by atoms with Gasteiger partial charge in [0.1, 0.15) is 4.75 Å². The molecule has 0 aliphatic heterocycles. The minimum atomic E-state index is -0.777. The quantitative estimate of drug-likeness (QED) is 0.402. The maximum Gasteiger partial charge on any atom is 0.442 e. The first-order valence-electron chi connectivity index (χ1n) is 8.99. The number of halogens is 1. The fourth-order valence-electron chi connectivity index (χ4n) is 2.42. The first-order valence-corrected chi connectivity index (χ1v) is 11.0. The zero-order chi connectivity index (χ0) is 21.6. The van der Waals surface area contributed by atoms with E-state index in [0.29, 0.717) is 33.1 Å². The molecule has 0 atom stereocenters. The Hall–Kier alpha value is -1.84. The molecule has 2 heterocycles. The number of fused-ring (bicyclic) bond motifs is 1. The third-order valence-electron chi connectivity index (χ3n) is 3.96. The standard InChI is InChI=1S/C19H22ClN3O4S2/c1-7-26-15(24)19(5,6)29-16-21-11-9-12(10(20)8-13(11)28-16)23-17(25)27-14(22-23)18(2,3)4/h8-9H,7H2,1-6H3. The molecule has 2 aromatic heterocycles. The van der Waals surface area contributed by atoms with Crippen molar-refractivity contribution in [1.82, 2.24) is 14.8 Å². The number of nitrogens with zero attached hydrogens (tertiary/aromatic N) is 3. The Bertz CT molecular complexity index is 1120. The highest BCUT2D eigenvalue weighted by molar-refractivity contribution is 8.03. The van der Waals surface area contributed by atoms with Gasteiger partial charge in [-0.2, -0.15) is 4.68 Å². The molecule has 0 aliphatic rings. The van der Waals surface area contributed by atoms with Crippen molar-refractivity contribution in [3.63, 3.8) is 0 Å². The number of esters is 1. The summed E-state index contributed by atoms with van der Waals surface area (Å²) in [6, 6.07) is 3.44. The van der Waals surface area contributed by atoms with Crippen LogP contribution in [-0.4, -0.2) is 32.1 Å². The summed E-state index contributed by atoms with van der Waals surface area (Å²) in [4.78, 5) is 29.1. The Balaban J connectivity index is 2.00. The molecule has 0 amide bonds. The highest BCUT2D eigenvalue weighted by Gasteiger charge is 2.32. The lowest BCUT2D eigenvalue weighted by atomic mass is 9.97. The van der Waals surface area contributed by atoms with Crippen LogP contribution in [0.3, 0.4) is 0 Å². The van der Waals surface area contributed by atoms with E-state index in [4.69, 9.17) is 20.8 Å². The zero-order valence-corrected chi connectivity index (χ0v) is 19.4. The summed E-state index contributed by atoms with van der Waals surface area (Å²) in [7, 11) is 0. The average Bonchev–Trinajstić information content (AvgIpc) is 3.16. The minimum absolute atomic E-state index is 0.299. The van der Waals surface area contributed by atoms with Gasteiger partial charge in [-0.05, 0) is 32.9 Å². The van der Waals surface area contributed by atoms with Crippen molar-refractivity contribution in [2.24, 2.45) is 0 Å². The molecule has 0 unspecified atom stereocenters. The molecular formula is C19H22ClN3O4S2. The van der Waals surface area contributed by atoms with Crippen LogP contribution >= 0.6 is 34.7 Å². The van der Waals surface area contributed by atoms with Crippen LogP contribution in [0.4, 0.5) is 0 Å². The summed E-state index contributed by atoms with van der Waals surface area (Å²) in [6.45, 7) is 11.4. The van der Waals surface area contributed by atoms with E-state index in [1.165, 1.54) is 23.1 Å². The Morgan fingerprint density at radius 1 is 1.31 bits per heavy atom. The predicted octanol–water partition coefficient (Wildman–Crippen LogP) is 4.82. The molecule has 0 spiro atoms. The normalized spacial score (nSPS) is 12.5. The lowest BCUT2D eigenvalue weighted by Crippen LogP contribution is -2.29. The lowest BCUT2D eigenvalue weighted by molar-refractivity contribution is -0.145. The molecule has 3 rings (SSSR count). The highest BCUT2D eigenvalue weighted by Crippen LogP contribution is 2.39. The maximum absolute atomic E-state index is 12.3. The van der Waals surface area contributed by atoms with Crippen LogP contribution in [0.15, 0.2) is 25.7 Å². The van der Waals surface area contributed by atoms with E-state index in [9.17, 15) is 9.59 Å². The third kappa shape index (κ3) is 4.51. The monoisotopic (exact) mass is 455 g/mol. The van der Waals surface area contributed by atoms with E-state index in [0.717, 1.165) is 9.38 Å². The summed E-state index contributed by atoms with van der Waals surface area (Å²) in [5.74, 6) is -0.583. The summed E-state index contributed by atoms with van der Waals surface area (Å²) >= 11 is 9.17. The molecule has 29 heavy (non-hydrogen) atoms. The lowest BCUT2D eigenvalue weighted by Gasteiger charge is -2.19. The molecule has 0 aliphatic carbocycles. The molecule has 10 heteroatoms. The van der Waals surface area contributed by atoms with E-state index in [1.54, 1.807) is 32.9 Å². The third-order valence-corrected chi connectivity index (χ3v) is 6.52. The number of hydrogen-bond acceptors (Lipinski definition) is 8. The van der Waals surface area contributed by atoms with E-state index >= 15 is 0 Å². The number of benzene rings is 1. The first-order chi connectivity index (χ1) is 13.4. The van der Waals surface area contributed by atoms with Crippen LogP contribution in [0.25, 0.3) is 15.9 Å². The van der Waals surface area contributed by atoms with Crippen molar-refractivity contribution in [2.45, 2.75) is 56.0 Å². The summed E-state index contributed by atoms with van der Waals surface area (Å²) in [5, 5.41) is 4.65. The molecule has 1 aromatic carbocycles. The molecular weight excluding hydrogens is 434 g/mol. The van der Waals surface area contributed by atoms with Gasteiger partial charge < -0.3 is 9.15 Å². The number of aromatic nitrogens is 3. The van der Waals surface area contributed by atoms with E-state index in [2.05, 4.69) is 10.1 Å². The number of thioether (sulfide) groups is 1. The smallest absolute Gasteiger partial charge is 0.442 e. The van der Waals surface area contributed by atoms with Gasteiger partial charge in [0, 0.05) is 5.41 Å². The zero-order valence-electron chi connectivity index (χ0n) is 17.0. The van der Waals surface area contributed by atoms with Gasteiger partial charge in [-0.15, -0.1) is 16.4 Å². The number of carbonyl (C=O) groups is 1. The van der Waals surface area contributed by atoms with Crippen LogP contribution in [0.1, 0.15) is 47.4 Å². The minimum Gasteiger partial charge on any atom is -0.465 e. The number of thiazole rings is 1. The molecule has 0 radical (unpaired) electrons. The molecule has 0 saturated carbocycles. The van der Waals surface area contributed by atoms with E-state index < -0.39 is 15.9 Å². The van der Waals surface area contributed by atoms with Crippen molar-refractivity contribution in [3.05, 3.63) is 33.6 Å². The van der Waals surface area contributed by atoms with Gasteiger partial charge in [0.2, 0.25) is 5.89 Å². The van der Waals surface area contributed by atoms with E-state index in [1.807, 2.05) is 20.8 Å². The number of rotatable bonds is 5. The second-order valence-electron chi connectivity index (χ2n) is 7.92. The second-order valence-corrected chi connectivity index (χ2v) is 11.2. The average molecular weight is 456 g/mol. The van der Waals surface area contributed by atoms with Gasteiger partial charge in [0.15, 0.2) is 4.34 Å². The van der Waals surface area contributed by atoms with E-state index in [-0.39, 0.29) is 5.97 Å². The van der Waals surface area contributed by atoms with Crippen LogP contribution in [0.2, 0.25) is 5.02 Å². The van der Waals surface area contributed by atoms with Gasteiger partial charge in [-0.25, -0.2) is 9.78 Å². The largest absolute Gasteiger partial charge is 0.465 e. The Kier molecular flexibility index (Phi) is 5.86. The van der Waals surface area contributed by atoms with Crippen LogP contribution in [-0.2, 0) is 14.9 Å². The van der Waals surface area contributed by atoms with Gasteiger partial charge in [0.05, 0.1) is 27.5 Å². The fourth-order valence-corrected chi connectivity index (χ4v) is 5.23. The van der Waals surface area contributed by atoms with Crippen LogP contribution < -0.4 is 5.76 Å². The first kappa shape index (κ1) is 21.9. The second kappa shape index (κ2) is 7.77. The van der Waals surface area contributed by atoms with Gasteiger partial charge in [-0.1, -0.05) is 44.1 Å². The summed E-state index contributed by atoms with van der Waals surface area (Å²) < 4.78 is 12.3. The summed E-state index contributed by atoms with van der Waals surface area (Å²) in [6.07, 6.45) is 0. The molecule has 0 N–H and O–H groups in total. The molecule has 0 saturated heterocycles. The predicted molar refractivity (Wildman–Crippen MR) is 116 cm³/mol. The highest BCUT2D eigenvalue weighted by atomic mass is 35.5. The number of hydrogen-bond donors (Lipinski definition) is 0. The molecule has 156 valence electrons. The van der Waals surface area contributed by atoms with Crippen molar-refractivity contribution < 1.29 is 13.9 Å². The summed E-state index contributed by atoms with van der Waals surface area (Å²) in [5.41, 5.74) is 0.642. The number of ether oxygens (including phenoxy) is 1. The van der Waals surface area contributed by atoms with Crippen molar-refractivity contribution in [2.75, 3.05) is 6.61 Å². The maximum atomic E-state index is 12.3. The van der Waals surface area contributed by atoms with Crippen molar-refractivity contribution in [3.8, 4) is 5.69 Å². The fraction of sp³-hybridized carbons (Fsp3) is 0.474. The Morgan fingerprint density at radius 3 is 2.59 bits per heavy atom. The molecule has 3 aromatic rings. The van der Waals surface area contributed by atoms with Crippen molar-refractivity contribution >= 4 is 50.9 Å². The molecule has 0 fully saturated rings. The molecule has 0 bridgehead atoms. The van der Waals surface area contributed by atoms with Gasteiger partial charge >= 0.3 is 11.7 Å². The topological polar surface area (TPSA) is 87.2 Å².